The van der Waals surface area contributed by atoms with Gasteiger partial charge in [-0.15, -0.1) is 0 Å². The van der Waals surface area contributed by atoms with Crippen LogP contribution < -0.4 is 16.8 Å². The quantitative estimate of drug-likeness (QED) is 0.412. The van der Waals surface area contributed by atoms with Crippen LogP contribution in [0.1, 0.15) is 5.56 Å². The third-order valence-electron chi connectivity index (χ3n) is 1.75. The molecule has 0 atom stereocenters. The zero-order chi connectivity index (χ0) is 12.8. The number of rotatable bonds is 3. The van der Waals surface area contributed by atoms with E-state index in [1.54, 1.807) is 19.2 Å². The van der Waals surface area contributed by atoms with Crippen LogP contribution >= 0.6 is 11.6 Å². The summed E-state index contributed by atoms with van der Waals surface area (Å²) in [6.45, 7) is 0. The molecule has 90 valence electrons. The zero-order valence-corrected chi connectivity index (χ0v) is 9.90. The maximum Gasteiger partial charge on any atom is 0.243 e. The fourth-order valence-corrected chi connectivity index (χ4v) is 1.21. The average molecular weight is 254 g/mol. The van der Waals surface area contributed by atoms with E-state index >= 15 is 0 Å². The highest BCUT2D eigenvalue weighted by Crippen LogP contribution is 2.22. The molecule has 5 N–H and O–H groups in total. The van der Waals surface area contributed by atoms with Crippen LogP contribution in [0.4, 0.5) is 5.82 Å². The van der Waals surface area contributed by atoms with Crippen LogP contribution in [-0.2, 0) is 4.79 Å². The molecule has 0 aliphatic carbocycles. The highest BCUT2D eigenvalue weighted by molar-refractivity contribution is 6.32. The molecule has 0 unspecified atom stereocenters. The van der Waals surface area contributed by atoms with Crippen molar-refractivity contribution in [3.8, 4) is 0 Å². The molecule has 1 aromatic rings. The summed E-state index contributed by atoms with van der Waals surface area (Å²) < 4.78 is 0. The molecule has 1 aromatic heterocycles. The molecule has 0 bridgehead atoms. The SMILES string of the molecule is CNC(=O)/C=C/c1cnc(N=C(N)N)c(Cl)c1. The fraction of sp³-hybridized carbons (Fsp3) is 0.100. The number of aromatic nitrogens is 1. The molecule has 6 nitrogen and oxygen atoms in total. The van der Waals surface area contributed by atoms with E-state index in [9.17, 15) is 4.79 Å². The lowest BCUT2D eigenvalue weighted by Gasteiger charge is -1.99. The van der Waals surface area contributed by atoms with E-state index in [0.717, 1.165) is 0 Å². The number of hydrogen-bond acceptors (Lipinski definition) is 3. The van der Waals surface area contributed by atoms with Gasteiger partial charge in [0.05, 0.1) is 5.02 Å². The van der Waals surface area contributed by atoms with Crippen molar-refractivity contribution in [3.05, 3.63) is 28.9 Å². The van der Waals surface area contributed by atoms with Gasteiger partial charge in [-0.2, -0.15) is 4.99 Å². The topological polar surface area (TPSA) is 106 Å². The number of nitrogens with two attached hydrogens (primary N) is 2. The van der Waals surface area contributed by atoms with Crippen LogP contribution in [0.3, 0.4) is 0 Å². The molecular formula is C10H12ClN5O. The Bertz CT molecular complexity index is 480. The first-order valence-electron chi connectivity index (χ1n) is 4.68. The Morgan fingerprint density at radius 2 is 2.29 bits per heavy atom. The van der Waals surface area contributed by atoms with Crippen molar-refractivity contribution in [2.75, 3.05) is 7.05 Å². The number of hydrogen-bond donors (Lipinski definition) is 3. The minimum absolute atomic E-state index is 0.118. The Labute approximate surface area is 103 Å². The predicted molar refractivity (Wildman–Crippen MR) is 67.8 cm³/mol. The molecule has 0 fully saturated rings. The highest BCUT2D eigenvalue weighted by Gasteiger charge is 2.01. The van der Waals surface area contributed by atoms with Crippen molar-refractivity contribution in [1.29, 1.82) is 0 Å². The molecule has 0 aliphatic rings. The molecule has 0 spiro atoms. The lowest BCUT2D eigenvalue weighted by molar-refractivity contribution is -0.115. The minimum Gasteiger partial charge on any atom is -0.370 e. The number of amides is 1. The van der Waals surface area contributed by atoms with E-state index in [1.807, 2.05) is 0 Å². The third kappa shape index (κ3) is 4.12. The second-order valence-electron chi connectivity index (χ2n) is 3.06. The van der Waals surface area contributed by atoms with Crippen LogP contribution in [0.2, 0.25) is 5.02 Å². The van der Waals surface area contributed by atoms with Gasteiger partial charge in [-0.25, -0.2) is 4.98 Å². The van der Waals surface area contributed by atoms with Gasteiger partial charge in [0.2, 0.25) is 5.91 Å². The molecule has 1 rings (SSSR count). The second-order valence-corrected chi connectivity index (χ2v) is 3.47. The number of nitrogens with zero attached hydrogens (tertiary/aromatic N) is 2. The number of pyridine rings is 1. The van der Waals surface area contributed by atoms with Crippen LogP contribution in [0, 0.1) is 0 Å². The molecule has 1 amide bonds. The van der Waals surface area contributed by atoms with Crippen molar-refractivity contribution in [2.24, 2.45) is 16.5 Å². The normalized spacial score (nSPS) is 10.2. The van der Waals surface area contributed by atoms with Crippen LogP contribution in [-0.4, -0.2) is 23.9 Å². The molecule has 0 radical (unpaired) electrons. The van der Waals surface area contributed by atoms with Gasteiger partial charge in [-0.1, -0.05) is 11.6 Å². The summed E-state index contributed by atoms with van der Waals surface area (Å²) in [6, 6.07) is 1.61. The van der Waals surface area contributed by atoms with Gasteiger partial charge in [-0.3, -0.25) is 4.79 Å². The number of carbonyl (C=O) groups is 1. The van der Waals surface area contributed by atoms with Gasteiger partial charge in [0.25, 0.3) is 0 Å². The largest absolute Gasteiger partial charge is 0.370 e. The number of nitrogens with one attached hydrogen (secondary N) is 1. The summed E-state index contributed by atoms with van der Waals surface area (Å²) in [5, 5.41) is 2.76. The lowest BCUT2D eigenvalue weighted by Crippen LogP contribution is -2.22. The van der Waals surface area contributed by atoms with E-state index in [-0.39, 0.29) is 17.7 Å². The first-order valence-corrected chi connectivity index (χ1v) is 5.05. The maximum atomic E-state index is 11.0. The predicted octanol–water partition coefficient (Wildman–Crippen LogP) is 0.399. The molecule has 0 saturated heterocycles. The van der Waals surface area contributed by atoms with E-state index in [0.29, 0.717) is 10.6 Å². The zero-order valence-electron chi connectivity index (χ0n) is 9.14. The Morgan fingerprint density at radius 1 is 1.59 bits per heavy atom. The van der Waals surface area contributed by atoms with Crippen molar-refractivity contribution in [1.82, 2.24) is 10.3 Å². The van der Waals surface area contributed by atoms with Crippen molar-refractivity contribution in [2.45, 2.75) is 0 Å². The van der Waals surface area contributed by atoms with Crippen molar-refractivity contribution in [3.63, 3.8) is 0 Å². The van der Waals surface area contributed by atoms with Gasteiger partial charge in [0.15, 0.2) is 11.8 Å². The number of halogens is 1. The molecule has 0 saturated carbocycles. The smallest absolute Gasteiger partial charge is 0.243 e. The van der Waals surface area contributed by atoms with Gasteiger partial charge >= 0.3 is 0 Å². The average Bonchev–Trinajstić information content (AvgIpc) is 2.28. The first kappa shape index (κ1) is 13.0. The molecule has 7 heteroatoms. The Hall–Kier alpha value is -2.08. The Balaban J connectivity index is 2.93. The van der Waals surface area contributed by atoms with E-state index in [1.165, 1.54) is 12.3 Å². The van der Waals surface area contributed by atoms with Crippen molar-refractivity contribution < 1.29 is 4.79 Å². The Kier molecular flexibility index (Phi) is 4.47. The number of aliphatic imine (C=N–C) groups is 1. The summed E-state index contributed by atoms with van der Waals surface area (Å²) in [4.78, 5) is 18.7. The lowest BCUT2D eigenvalue weighted by atomic mass is 10.2. The summed E-state index contributed by atoms with van der Waals surface area (Å²) >= 11 is 5.91. The number of guanidine groups is 1. The molecular weight excluding hydrogens is 242 g/mol. The maximum absolute atomic E-state index is 11.0. The van der Waals surface area contributed by atoms with Gasteiger partial charge < -0.3 is 16.8 Å². The van der Waals surface area contributed by atoms with Crippen LogP contribution in [0.15, 0.2) is 23.3 Å². The molecule has 17 heavy (non-hydrogen) atoms. The monoisotopic (exact) mass is 253 g/mol. The highest BCUT2D eigenvalue weighted by atomic mass is 35.5. The standard InChI is InChI=1S/C10H12ClN5O/c1-14-8(17)3-2-6-4-7(11)9(15-5-6)16-10(12)13/h2-5H,1H3,(H,14,17)(H4,12,13,15,16)/b3-2+. The van der Waals surface area contributed by atoms with Gasteiger partial charge in [0, 0.05) is 19.3 Å². The number of carbonyl (C=O) groups excluding carboxylic acids is 1. The Morgan fingerprint density at radius 3 is 2.82 bits per heavy atom. The van der Waals surface area contributed by atoms with Gasteiger partial charge in [0.1, 0.15) is 0 Å². The molecule has 0 aromatic carbocycles. The summed E-state index contributed by atoms with van der Waals surface area (Å²) in [5.41, 5.74) is 11.1. The molecule has 0 aliphatic heterocycles. The van der Waals surface area contributed by atoms with Crippen LogP contribution in [0.5, 0.6) is 0 Å². The molecule has 1 heterocycles. The van der Waals surface area contributed by atoms with E-state index < -0.39 is 0 Å². The minimum atomic E-state index is -0.213. The summed E-state index contributed by atoms with van der Waals surface area (Å²) in [5.74, 6) is -0.0914. The summed E-state index contributed by atoms with van der Waals surface area (Å²) in [6.07, 6.45) is 4.46. The summed E-state index contributed by atoms with van der Waals surface area (Å²) in [7, 11) is 1.54. The second kappa shape index (κ2) is 5.86. The van der Waals surface area contributed by atoms with Crippen LogP contribution in [0.25, 0.3) is 6.08 Å². The fourth-order valence-electron chi connectivity index (χ4n) is 0.996. The number of likely N-dealkylation sites (N-methyl/N-ethyl adjacent to an activating group) is 1. The van der Waals surface area contributed by atoms with Gasteiger partial charge in [-0.05, 0) is 17.7 Å². The van der Waals surface area contributed by atoms with Crippen molar-refractivity contribution >= 4 is 35.4 Å². The third-order valence-corrected chi connectivity index (χ3v) is 2.03. The van der Waals surface area contributed by atoms with E-state index in [2.05, 4.69) is 15.3 Å². The van der Waals surface area contributed by atoms with E-state index in [4.69, 9.17) is 23.1 Å². The first-order chi connectivity index (χ1) is 8.02.